The molecule has 2 aliphatic rings. The zero-order valence-electron chi connectivity index (χ0n) is 13.7. The van der Waals surface area contributed by atoms with E-state index in [9.17, 15) is 4.21 Å². The van der Waals surface area contributed by atoms with Gasteiger partial charge in [0, 0.05) is 29.1 Å². The second-order valence-electron chi connectivity index (χ2n) is 6.65. The molecule has 1 aromatic carbocycles. The van der Waals surface area contributed by atoms with Gasteiger partial charge in [-0.15, -0.1) is 0 Å². The molecule has 0 bridgehead atoms. The number of likely N-dealkylation sites (tertiary alicyclic amines) is 1. The maximum absolute atomic E-state index is 12.5. The SMILES string of the molecule is CCN1C[C@H](S(=O)CC)C2Cc3cc(C)cc(C)c3CC21. The standard InChI is InChI=1S/C18H27NOS/c1-5-19-11-18(21(20)6-2)16-9-14-8-12(3)7-13(4)15(14)10-17(16)19/h7-8,16-18H,5-6,9-11H2,1-4H3/t16?,17?,18-,21?/m0/s1. The van der Waals surface area contributed by atoms with E-state index in [4.69, 9.17) is 0 Å². The van der Waals surface area contributed by atoms with Crippen LogP contribution in [0.5, 0.6) is 0 Å². The number of hydrogen-bond acceptors (Lipinski definition) is 2. The van der Waals surface area contributed by atoms with Crippen molar-refractivity contribution in [2.75, 3.05) is 18.8 Å². The Morgan fingerprint density at radius 3 is 2.67 bits per heavy atom. The topological polar surface area (TPSA) is 20.3 Å². The van der Waals surface area contributed by atoms with Crippen molar-refractivity contribution in [2.45, 2.75) is 51.8 Å². The van der Waals surface area contributed by atoms with Gasteiger partial charge in [0.1, 0.15) is 0 Å². The highest BCUT2D eigenvalue weighted by molar-refractivity contribution is 7.85. The van der Waals surface area contributed by atoms with Crippen LogP contribution in [-0.4, -0.2) is 39.2 Å². The highest BCUT2D eigenvalue weighted by atomic mass is 32.2. The summed E-state index contributed by atoms with van der Waals surface area (Å²) in [5.74, 6) is 1.38. The van der Waals surface area contributed by atoms with Gasteiger partial charge in [-0.3, -0.25) is 9.11 Å². The van der Waals surface area contributed by atoms with Crippen LogP contribution in [0.1, 0.15) is 36.1 Å². The molecule has 2 nitrogen and oxygen atoms in total. The molecule has 3 unspecified atom stereocenters. The molecular weight excluding hydrogens is 278 g/mol. The van der Waals surface area contributed by atoms with Gasteiger partial charge in [-0.05, 0) is 55.8 Å². The summed E-state index contributed by atoms with van der Waals surface area (Å²) in [6.45, 7) is 10.8. The molecule has 1 aliphatic carbocycles. The molecular formula is C18H27NOS. The van der Waals surface area contributed by atoms with Gasteiger partial charge in [0.2, 0.25) is 0 Å². The van der Waals surface area contributed by atoms with E-state index in [1.165, 1.54) is 16.7 Å². The van der Waals surface area contributed by atoms with Gasteiger partial charge in [-0.1, -0.05) is 31.5 Å². The lowest BCUT2D eigenvalue weighted by Gasteiger charge is -2.34. The van der Waals surface area contributed by atoms with Crippen LogP contribution in [0.2, 0.25) is 0 Å². The summed E-state index contributed by atoms with van der Waals surface area (Å²) < 4.78 is 12.5. The zero-order valence-corrected chi connectivity index (χ0v) is 14.5. The smallest absolute Gasteiger partial charge is 0.0521 e. The average molecular weight is 305 g/mol. The monoisotopic (exact) mass is 305 g/mol. The third-order valence-corrected chi connectivity index (χ3v) is 7.21. The zero-order chi connectivity index (χ0) is 15.1. The molecule has 1 heterocycles. The lowest BCUT2D eigenvalue weighted by molar-refractivity contribution is 0.226. The largest absolute Gasteiger partial charge is 0.299 e. The Kier molecular flexibility index (Phi) is 4.24. The Bertz CT molecular complexity index is 569. The van der Waals surface area contributed by atoms with Crippen LogP contribution in [0.3, 0.4) is 0 Å². The first-order valence-electron chi connectivity index (χ1n) is 8.25. The fourth-order valence-corrected chi connectivity index (χ4v) is 5.90. The Balaban J connectivity index is 1.97. The minimum absolute atomic E-state index is 0.369. The second-order valence-corrected chi connectivity index (χ2v) is 8.60. The molecule has 3 heteroatoms. The van der Waals surface area contributed by atoms with E-state index in [0.29, 0.717) is 17.2 Å². The molecule has 0 spiro atoms. The van der Waals surface area contributed by atoms with Gasteiger partial charge >= 0.3 is 0 Å². The van der Waals surface area contributed by atoms with Crippen LogP contribution in [-0.2, 0) is 23.6 Å². The van der Waals surface area contributed by atoms with Crippen LogP contribution in [0, 0.1) is 19.8 Å². The predicted molar refractivity (Wildman–Crippen MR) is 90.3 cm³/mol. The van der Waals surface area contributed by atoms with Crippen molar-refractivity contribution < 1.29 is 4.21 Å². The van der Waals surface area contributed by atoms with E-state index in [0.717, 1.165) is 31.7 Å². The maximum Gasteiger partial charge on any atom is 0.0521 e. The summed E-state index contributed by atoms with van der Waals surface area (Å²) in [5.41, 5.74) is 5.89. The molecule has 3 rings (SSSR count). The number of likely N-dealkylation sites (N-methyl/N-ethyl adjacent to an activating group) is 1. The molecule has 1 fully saturated rings. The maximum atomic E-state index is 12.5. The van der Waals surface area contributed by atoms with Gasteiger partial charge < -0.3 is 0 Å². The quantitative estimate of drug-likeness (QED) is 0.856. The molecule has 1 aliphatic heterocycles. The van der Waals surface area contributed by atoms with Gasteiger partial charge in [0.15, 0.2) is 0 Å². The van der Waals surface area contributed by atoms with E-state index in [-0.39, 0.29) is 0 Å². The molecule has 0 saturated carbocycles. The summed E-state index contributed by atoms with van der Waals surface area (Å²) in [6.07, 6.45) is 2.27. The van der Waals surface area contributed by atoms with E-state index in [1.54, 1.807) is 5.56 Å². The van der Waals surface area contributed by atoms with Crippen molar-refractivity contribution in [1.82, 2.24) is 4.90 Å². The Morgan fingerprint density at radius 2 is 2.00 bits per heavy atom. The van der Waals surface area contributed by atoms with Crippen molar-refractivity contribution in [3.8, 4) is 0 Å². The number of fused-ring (bicyclic) bond motifs is 2. The second kappa shape index (κ2) is 5.85. The minimum atomic E-state index is -0.672. The summed E-state index contributed by atoms with van der Waals surface area (Å²) in [6, 6.07) is 5.27. The highest BCUT2D eigenvalue weighted by Crippen LogP contribution is 2.39. The fourth-order valence-electron chi connectivity index (χ4n) is 4.45. The Morgan fingerprint density at radius 1 is 1.24 bits per heavy atom. The third-order valence-electron chi connectivity index (χ3n) is 5.46. The molecule has 0 N–H and O–H groups in total. The fraction of sp³-hybridized carbons (Fsp3) is 0.667. The Hall–Kier alpha value is -0.670. The molecule has 21 heavy (non-hydrogen) atoms. The molecule has 4 atom stereocenters. The first-order valence-corrected chi connectivity index (χ1v) is 9.63. The van der Waals surface area contributed by atoms with Crippen LogP contribution in [0.25, 0.3) is 0 Å². The number of aryl methyl sites for hydroxylation is 2. The van der Waals surface area contributed by atoms with Crippen molar-refractivity contribution in [1.29, 1.82) is 0 Å². The normalized spacial score (nSPS) is 30.0. The van der Waals surface area contributed by atoms with Crippen LogP contribution in [0.4, 0.5) is 0 Å². The van der Waals surface area contributed by atoms with E-state index in [1.807, 2.05) is 0 Å². The summed E-state index contributed by atoms with van der Waals surface area (Å²) in [7, 11) is -0.672. The minimum Gasteiger partial charge on any atom is -0.299 e. The lowest BCUT2D eigenvalue weighted by Crippen LogP contribution is -2.39. The van der Waals surface area contributed by atoms with E-state index >= 15 is 0 Å². The summed E-state index contributed by atoms with van der Waals surface area (Å²) in [4.78, 5) is 2.57. The number of rotatable bonds is 3. The van der Waals surface area contributed by atoms with Crippen LogP contribution in [0.15, 0.2) is 12.1 Å². The van der Waals surface area contributed by atoms with Crippen LogP contribution >= 0.6 is 0 Å². The first kappa shape index (κ1) is 15.2. The van der Waals surface area contributed by atoms with Crippen molar-refractivity contribution in [2.24, 2.45) is 5.92 Å². The molecule has 116 valence electrons. The third kappa shape index (κ3) is 2.59. The summed E-state index contributed by atoms with van der Waals surface area (Å²) >= 11 is 0. The highest BCUT2D eigenvalue weighted by Gasteiger charge is 2.45. The van der Waals surface area contributed by atoms with Crippen LogP contribution < -0.4 is 0 Å². The van der Waals surface area contributed by atoms with Gasteiger partial charge in [0.05, 0.1) is 5.25 Å². The number of hydrogen-bond donors (Lipinski definition) is 0. The van der Waals surface area contributed by atoms with E-state index < -0.39 is 10.8 Å². The number of nitrogens with zero attached hydrogens (tertiary/aromatic N) is 1. The van der Waals surface area contributed by atoms with Gasteiger partial charge in [0.25, 0.3) is 0 Å². The lowest BCUT2D eigenvalue weighted by atomic mass is 9.78. The van der Waals surface area contributed by atoms with E-state index in [2.05, 4.69) is 44.7 Å². The molecule has 0 radical (unpaired) electrons. The van der Waals surface area contributed by atoms with Gasteiger partial charge in [-0.2, -0.15) is 0 Å². The van der Waals surface area contributed by atoms with Crippen molar-refractivity contribution >= 4 is 10.8 Å². The first-order chi connectivity index (χ1) is 10.0. The Labute approximate surface area is 131 Å². The molecule has 1 aromatic rings. The molecule has 0 aromatic heterocycles. The van der Waals surface area contributed by atoms with Crippen molar-refractivity contribution in [3.63, 3.8) is 0 Å². The summed E-state index contributed by atoms with van der Waals surface area (Å²) in [5, 5.41) is 0.369. The number of benzene rings is 1. The molecule has 1 saturated heterocycles. The average Bonchev–Trinajstić information content (AvgIpc) is 2.82. The van der Waals surface area contributed by atoms with Gasteiger partial charge in [-0.25, -0.2) is 0 Å². The molecule has 0 amide bonds. The van der Waals surface area contributed by atoms with Crippen molar-refractivity contribution in [3.05, 3.63) is 34.4 Å². The predicted octanol–water partition coefficient (Wildman–Crippen LogP) is 2.86.